The van der Waals surface area contributed by atoms with Crippen molar-refractivity contribution in [3.63, 3.8) is 0 Å². The summed E-state index contributed by atoms with van der Waals surface area (Å²) < 4.78 is 1.67. The van der Waals surface area contributed by atoms with E-state index >= 15 is 0 Å². The van der Waals surface area contributed by atoms with Crippen molar-refractivity contribution in [1.82, 2.24) is 25.0 Å². The fourth-order valence-electron chi connectivity index (χ4n) is 3.63. The van der Waals surface area contributed by atoms with Gasteiger partial charge in [-0.3, -0.25) is 9.69 Å². The van der Waals surface area contributed by atoms with Crippen LogP contribution >= 0.6 is 0 Å². The number of likely N-dealkylation sites (tertiary alicyclic amines) is 1. The summed E-state index contributed by atoms with van der Waals surface area (Å²) in [5.74, 6) is -0.0714. The second-order valence-corrected chi connectivity index (χ2v) is 7.18. The standard InChI is InChI=1S/C22H25N5O/c28-22(18-8-10-21(11-9-18)27-17-23-16-25-27)24-14-19-6-2-3-7-20(19)15-26-12-4-1-5-13-26/h2-3,6-11,16-17H,1,4-5,12-15H2,(H,24,28). The average Bonchev–Trinajstić information content (AvgIpc) is 3.29. The fourth-order valence-corrected chi connectivity index (χ4v) is 3.63. The van der Waals surface area contributed by atoms with Gasteiger partial charge in [0.25, 0.3) is 5.91 Å². The largest absolute Gasteiger partial charge is 0.348 e. The SMILES string of the molecule is O=C(NCc1ccccc1CN1CCCCC1)c1ccc(-n2cncn2)cc1. The molecule has 1 N–H and O–H groups in total. The molecule has 2 aromatic carbocycles. The molecule has 0 atom stereocenters. The molecule has 0 radical (unpaired) electrons. The number of piperidine rings is 1. The molecule has 1 aromatic heterocycles. The minimum atomic E-state index is -0.0714. The number of amides is 1. The van der Waals surface area contributed by atoms with E-state index in [0.29, 0.717) is 12.1 Å². The molecule has 144 valence electrons. The van der Waals surface area contributed by atoms with Crippen LogP contribution < -0.4 is 5.32 Å². The van der Waals surface area contributed by atoms with Crippen molar-refractivity contribution in [3.05, 3.63) is 77.9 Å². The summed E-state index contributed by atoms with van der Waals surface area (Å²) in [6.07, 6.45) is 7.02. The maximum Gasteiger partial charge on any atom is 0.251 e. The number of benzene rings is 2. The van der Waals surface area contributed by atoms with Crippen molar-refractivity contribution >= 4 is 5.91 Å². The Morgan fingerprint density at radius 2 is 1.71 bits per heavy atom. The van der Waals surface area contributed by atoms with Crippen LogP contribution in [0.15, 0.2) is 61.2 Å². The number of hydrogen-bond acceptors (Lipinski definition) is 4. The zero-order valence-corrected chi connectivity index (χ0v) is 15.9. The summed E-state index contributed by atoms with van der Waals surface area (Å²) >= 11 is 0. The van der Waals surface area contributed by atoms with Crippen LogP contribution in [0.5, 0.6) is 0 Å². The normalized spacial score (nSPS) is 14.7. The molecule has 3 aromatic rings. The fraction of sp³-hybridized carbons (Fsp3) is 0.318. The first kappa shape index (κ1) is 18.4. The van der Waals surface area contributed by atoms with E-state index in [4.69, 9.17) is 0 Å². The Morgan fingerprint density at radius 3 is 2.43 bits per heavy atom. The Bertz CT molecular complexity index is 899. The van der Waals surface area contributed by atoms with E-state index in [1.165, 1.54) is 49.8 Å². The van der Waals surface area contributed by atoms with E-state index in [-0.39, 0.29) is 5.91 Å². The van der Waals surface area contributed by atoms with Crippen LogP contribution in [0, 0.1) is 0 Å². The predicted molar refractivity (Wildman–Crippen MR) is 108 cm³/mol. The van der Waals surface area contributed by atoms with Gasteiger partial charge in [-0.05, 0) is 61.3 Å². The third-order valence-corrected chi connectivity index (χ3v) is 5.21. The van der Waals surface area contributed by atoms with Crippen LogP contribution in [0.3, 0.4) is 0 Å². The summed E-state index contributed by atoms with van der Waals surface area (Å²) in [6.45, 7) is 3.82. The Kier molecular flexibility index (Phi) is 5.77. The van der Waals surface area contributed by atoms with Crippen LogP contribution in [-0.2, 0) is 13.1 Å². The third kappa shape index (κ3) is 4.46. The lowest BCUT2D eigenvalue weighted by atomic mass is 10.0. The molecule has 28 heavy (non-hydrogen) atoms. The first-order valence-corrected chi connectivity index (χ1v) is 9.82. The average molecular weight is 375 g/mol. The lowest BCUT2D eigenvalue weighted by molar-refractivity contribution is 0.0950. The number of nitrogens with one attached hydrogen (secondary N) is 1. The molecule has 6 heteroatoms. The smallest absolute Gasteiger partial charge is 0.251 e. The molecule has 6 nitrogen and oxygen atoms in total. The van der Waals surface area contributed by atoms with Gasteiger partial charge in [0, 0.05) is 18.7 Å². The van der Waals surface area contributed by atoms with Gasteiger partial charge in [0.05, 0.1) is 5.69 Å². The summed E-state index contributed by atoms with van der Waals surface area (Å²) in [5.41, 5.74) is 3.99. The molecule has 0 aliphatic carbocycles. The maximum atomic E-state index is 12.6. The highest BCUT2D eigenvalue weighted by molar-refractivity contribution is 5.94. The Morgan fingerprint density at radius 1 is 0.964 bits per heavy atom. The molecular weight excluding hydrogens is 350 g/mol. The van der Waals surface area contributed by atoms with Crippen molar-refractivity contribution in [1.29, 1.82) is 0 Å². The van der Waals surface area contributed by atoms with Crippen LogP contribution in [0.2, 0.25) is 0 Å². The Hall–Kier alpha value is -2.99. The first-order chi connectivity index (χ1) is 13.8. The van der Waals surface area contributed by atoms with Gasteiger partial charge in [0.1, 0.15) is 12.7 Å². The van der Waals surface area contributed by atoms with Gasteiger partial charge in [-0.1, -0.05) is 30.7 Å². The van der Waals surface area contributed by atoms with Crippen molar-refractivity contribution in [2.75, 3.05) is 13.1 Å². The zero-order chi connectivity index (χ0) is 19.2. The lowest BCUT2D eigenvalue weighted by Gasteiger charge is -2.27. The van der Waals surface area contributed by atoms with Crippen molar-refractivity contribution < 1.29 is 4.79 Å². The molecule has 1 saturated heterocycles. The molecule has 1 fully saturated rings. The molecular formula is C22H25N5O. The van der Waals surface area contributed by atoms with Crippen LogP contribution in [0.1, 0.15) is 40.7 Å². The monoisotopic (exact) mass is 375 g/mol. The number of rotatable bonds is 6. The summed E-state index contributed by atoms with van der Waals surface area (Å²) in [4.78, 5) is 19.0. The second kappa shape index (κ2) is 8.80. The minimum Gasteiger partial charge on any atom is -0.348 e. The molecule has 0 unspecified atom stereocenters. The highest BCUT2D eigenvalue weighted by Gasteiger charge is 2.13. The Balaban J connectivity index is 1.38. The van der Waals surface area contributed by atoms with Crippen LogP contribution in [0.25, 0.3) is 5.69 Å². The molecule has 1 aliphatic heterocycles. The minimum absolute atomic E-state index is 0.0714. The number of carbonyl (C=O) groups excluding carboxylic acids is 1. The topological polar surface area (TPSA) is 63.1 Å². The number of aromatic nitrogens is 3. The van der Waals surface area contributed by atoms with E-state index in [9.17, 15) is 4.79 Å². The van der Waals surface area contributed by atoms with Crippen molar-refractivity contribution in [2.24, 2.45) is 0 Å². The van der Waals surface area contributed by atoms with E-state index in [1.807, 2.05) is 30.3 Å². The molecule has 2 heterocycles. The van der Waals surface area contributed by atoms with Gasteiger partial charge in [0.15, 0.2) is 0 Å². The quantitative estimate of drug-likeness (QED) is 0.719. The van der Waals surface area contributed by atoms with Gasteiger partial charge in [-0.15, -0.1) is 0 Å². The molecule has 0 bridgehead atoms. The summed E-state index contributed by atoms with van der Waals surface area (Å²) in [6, 6.07) is 15.7. The second-order valence-electron chi connectivity index (χ2n) is 7.18. The van der Waals surface area contributed by atoms with Gasteiger partial charge in [-0.2, -0.15) is 5.10 Å². The molecule has 4 rings (SSSR count). The highest BCUT2D eigenvalue weighted by atomic mass is 16.1. The Labute approximate surface area is 165 Å². The van der Waals surface area contributed by atoms with Crippen molar-refractivity contribution in [2.45, 2.75) is 32.4 Å². The summed E-state index contributed by atoms with van der Waals surface area (Å²) in [5, 5.41) is 7.15. The molecule has 1 amide bonds. The predicted octanol–water partition coefficient (Wildman–Crippen LogP) is 3.18. The van der Waals surface area contributed by atoms with Crippen molar-refractivity contribution in [3.8, 4) is 5.69 Å². The molecule has 1 aliphatic rings. The zero-order valence-electron chi connectivity index (χ0n) is 15.9. The van der Waals surface area contributed by atoms with E-state index in [1.54, 1.807) is 11.0 Å². The molecule has 0 saturated carbocycles. The van der Waals surface area contributed by atoms with E-state index < -0.39 is 0 Å². The van der Waals surface area contributed by atoms with Gasteiger partial charge in [0.2, 0.25) is 0 Å². The third-order valence-electron chi connectivity index (χ3n) is 5.21. The first-order valence-electron chi connectivity index (χ1n) is 9.82. The number of carbonyl (C=O) groups is 1. The number of nitrogens with zero attached hydrogens (tertiary/aromatic N) is 4. The van der Waals surface area contributed by atoms with Crippen LogP contribution in [0.4, 0.5) is 0 Å². The summed E-state index contributed by atoms with van der Waals surface area (Å²) in [7, 11) is 0. The van der Waals surface area contributed by atoms with Crippen LogP contribution in [-0.4, -0.2) is 38.7 Å². The van der Waals surface area contributed by atoms with E-state index in [2.05, 4.69) is 38.5 Å². The van der Waals surface area contributed by atoms with Gasteiger partial charge < -0.3 is 5.32 Å². The lowest BCUT2D eigenvalue weighted by Crippen LogP contribution is -2.30. The molecule has 0 spiro atoms. The van der Waals surface area contributed by atoms with Gasteiger partial charge in [-0.25, -0.2) is 9.67 Å². The van der Waals surface area contributed by atoms with E-state index in [0.717, 1.165) is 12.2 Å². The highest BCUT2D eigenvalue weighted by Crippen LogP contribution is 2.16. The van der Waals surface area contributed by atoms with Gasteiger partial charge >= 0.3 is 0 Å². The maximum absolute atomic E-state index is 12.6. The number of hydrogen-bond donors (Lipinski definition) is 1.